The Kier molecular flexibility index (Phi) is 9.89. The second-order valence-electron chi connectivity index (χ2n) is 14.4. The molecule has 2 aliphatic heterocycles. The fourth-order valence-corrected chi connectivity index (χ4v) is 12.7. The smallest absolute Gasteiger partial charge is 0.422 e. The van der Waals surface area contributed by atoms with E-state index >= 15 is 8.42 Å². The van der Waals surface area contributed by atoms with E-state index in [2.05, 4.69) is 24.9 Å². The van der Waals surface area contributed by atoms with Gasteiger partial charge in [-0.2, -0.15) is 42.3 Å². The molecule has 3 aromatic heterocycles. The number of aromatic nitrogens is 3. The van der Waals surface area contributed by atoms with Crippen LogP contribution in [0.25, 0.3) is 32.3 Å². The van der Waals surface area contributed by atoms with E-state index in [1.54, 1.807) is 67.6 Å². The number of carboxylic acid groups (broad SMARTS) is 1. The fraction of sp³-hybridized carbons (Fsp3) is 0.132. The van der Waals surface area contributed by atoms with Gasteiger partial charge in [0.1, 0.15) is 48.9 Å². The Balaban J connectivity index is 1.56. The SMILES string of the molecule is CCCCCN(C(=O)O)S(=O)(=O)N1c2[nH]c(c3ccccc23)N=c2[nH]c(c3ccccc23)=NC2=NC(=Nc3[nH]c1c1cc(S(=O)(=O)O)c(S(=O)(=O)O)c(S(=O)(=O)O)c31)c1ccccc12. The summed E-state index contributed by atoms with van der Waals surface area (Å²) in [5.74, 6) is -2.42. The van der Waals surface area contributed by atoms with Gasteiger partial charge < -0.3 is 20.1 Å². The van der Waals surface area contributed by atoms with Crippen LogP contribution in [-0.2, 0) is 40.6 Å². The third-order valence-corrected chi connectivity index (χ3v) is 15.2. The van der Waals surface area contributed by atoms with Crippen LogP contribution in [-0.4, -0.2) is 96.0 Å². The molecule has 330 valence electrons. The summed E-state index contributed by atoms with van der Waals surface area (Å²) in [5, 5.41) is 10.0. The van der Waals surface area contributed by atoms with Gasteiger partial charge in [-0.25, -0.2) is 24.8 Å². The molecule has 0 spiro atoms. The molecule has 8 bridgehead atoms. The maximum absolute atomic E-state index is 15.3. The standard InChI is InChI=1S/C38H31N9O13S4/c1-2-3-10-17-46(38(48)49)64(59,60)47-36-24-16-9-8-15-23(24)34(44-36)42-32-20-12-5-4-11-19(20)30(40-32)39-31-21-13-6-7-14-22(21)33(41-31)43-35-27-25(37(47)45-35)18-26(61(50,51)52)28(62(53,54)55)29(27)63(56,57)58/h4-9,11-16,18,44-45H,2-3,10,17H2,1H3,(H,48,49)(H,50,51,52)(H,53,54,55)(H,56,57,58)(H,39,40,41,42,43). The van der Waals surface area contributed by atoms with Crippen molar-refractivity contribution >= 4 is 114 Å². The molecule has 5 heterocycles. The minimum Gasteiger partial charge on any atom is -0.464 e. The zero-order chi connectivity index (χ0) is 45.7. The Morgan fingerprint density at radius 2 is 1.14 bits per heavy atom. The third-order valence-electron chi connectivity index (χ3n) is 10.4. The van der Waals surface area contributed by atoms with Gasteiger partial charge in [-0.3, -0.25) is 13.7 Å². The summed E-state index contributed by atoms with van der Waals surface area (Å²) >= 11 is 0. The summed E-state index contributed by atoms with van der Waals surface area (Å²) in [4.78, 5) is 34.8. The largest absolute Gasteiger partial charge is 0.464 e. The first-order valence-corrected chi connectivity index (χ1v) is 24.5. The maximum atomic E-state index is 15.3. The number of amides is 1. The number of rotatable bonds is 9. The monoisotopic (exact) mass is 949 g/mol. The van der Waals surface area contributed by atoms with Crippen LogP contribution in [0.5, 0.6) is 0 Å². The predicted octanol–water partition coefficient (Wildman–Crippen LogP) is 4.85. The lowest BCUT2D eigenvalue weighted by Gasteiger charge is -2.28. The molecular formula is C38H31N9O13S4. The molecule has 4 aromatic carbocycles. The highest BCUT2D eigenvalue weighted by Gasteiger charge is 2.43. The lowest BCUT2D eigenvalue weighted by atomic mass is 10.1. The zero-order valence-corrected chi connectivity index (χ0v) is 35.9. The van der Waals surface area contributed by atoms with Crippen LogP contribution in [0, 0.1) is 0 Å². The minimum atomic E-state index is -6.05. The van der Waals surface area contributed by atoms with Gasteiger partial charge in [0, 0.05) is 44.6 Å². The zero-order valence-electron chi connectivity index (χ0n) is 32.6. The molecule has 9 rings (SSSR count). The quantitative estimate of drug-likeness (QED) is 0.0753. The number of nitrogens with one attached hydrogen (secondary N) is 3. The van der Waals surface area contributed by atoms with Crippen LogP contribution >= 0.6 is 0 Å². The molecule has 0 radical (unpaired) electrons. The average Bonchev–Trinajstić information content (AvgIpc) is 3.96. The Morgan fingerprint density at radius 3 is 1.72 bits per heavy atom. The van der Waals surface area contributed by atoms with E-state index in [0.717, 1.165) is 0 Å². The summed E-state index contributed by atoms with van der Waals surface area (Å²) < 4.78 is 142. The van der Waals surface area contributed by atoms with Crippen LogP contribution in [0.15, 0.2) is 114 Å². The molecule has 0 unspecified atom stereocenters. The number of nitrogens with zero attached hydrogens (tertiary/aromatic N) is 6. The first-order chi connectivity index (χ1) is 30.2. The summed E-state index contributed by atoms with van der Waals surface area (Å²) in [6.07, 6.45) is -1.03. The van der Waals surface area contributed by atoms with E-state index in [4.69, 9.17) is 9.98 Å². The summed E-state index contributed by atoms with van der Waals surface area (Å²) in [6, 6.07) is 19.9. The van der Waals surface area contributed by atoms with Gasteiger partial charge in [0.05, 0.1) is 5.39 Å². The summed E-state index contributed by atoms with van der Waals surface area (Å²) in [7, 11) is -23.5. The molecule has 0 atom stereocenters. The molecule has 2 aliphatic rings. The van der Waals surface area contributed by atoms with Gasteiger partial charge in [-0.15, -0.1) is 0 Å². The van der Waals surface area contributed by atoms with Crippen LogP contribution in [0.3, 0.4) is 0 Å². The molecular weight excluding hydrogens is 919 g/mol. The highest BCUT2D eigenvalue weighted by atomic mass is 32.2. The number of aromatic amines is 3. The number of benzene rings is 4. The topological polar surface area (TPSA) is 338 Å². The molecule has 0 saturated carbocycles. The Bertz CT molecular complexity index is 3860. The molecule has 64 heavy (non-hydrogen) atoms. The van der Waals surface area contributed by atoms with Crippen LogP contribution in [0.4, 0.5) is 28.1 Å². The van der Waals surface area contributed by atoms with Gasteiger partial charge in [0.25, 0.3) is 30.4 Å². The van der Waals surface area contributed by atoms with E-state index < -0.39 is 96.1 Å². The van der Waals surface area contributed by atoms with Crippen molar-refractivity contribution in [3.8, 4) is 0 Å². The molecule has 0 saturated heterocycles. The summed E-state index contributed by atoms with van der Waals surface area (Å²) in [5.41, 5.74) is 1.10. The molecule has 7 N–H and O–H groups in total. The molecule has 26 heteroatoms. The number of hydrogen-bond acceptors (Lipinski definition) is 13. The number of hydrogen-bond donors (Lipinski definition) is 7. The van der Waals surface area contributed by atoms with Gasteiger partial charge in [-0.05, 0) is 12.5 Å². The third kappa shape index (κ3) is 6.91. The fourth-order valence-electron chi connectivity index (χ4n) is 7.76. The number of aliphatic imine (C=N–C) groups is 2. The van der Waals surface area contributed by atoms with Crippen molar-refractivity contribution in [1.82, 2.24) is 19.3 Å². The maximum Gasteiger partial charge on any atom is 0.422 e. The Hall–Kier alpha value is -6.81. The van der Waals surface area contributed by atoms with E-state index in [-0.39, 0.29) is 55.5 Å². The number of carbonyl (C=O) groups is 1. The van der Waals surface area contributed by atoms with Gasteiger partial charge >= 0.3 is 16.3 Å². The highest BCUT2D eigenvalue weighted by molar-refractivity contribution is 7.91. The van der Waals surface area contributed by atoms with Gasteiger partial charge in [-0.1, -0.05) is 92.6 Å². The normalized spacial score (nSPS) is 14.3. The number of H-pyrrole nitrogens is 3. The first kappa shape index (κ1) is 42.5. The van der Waals surface area contributed by atoms with E-state index in [0.29, 0.717) is 39.5 Å². The molecule has 22 nitrogen and oxygen atoms in total. The molecule has 0 aliphatic carbocycles. The lowest BCUT2D eigenvalue weighted by Crippen LogP contribution is -2.45. The Morgan fingerprint density at radius 1 is 0.609 bits per heavy atom. The van der Waals surface area contributed by atoms with Crippen molar-refractivity contribution in [3.05, 3.63) is 101 Å². The summed E-state index contributed by atoms with van der Waals surface area (Å²) in [6.45, 7) is 1.16. The van der Waals surface area contributed by atoms with Gasteiger partial charge in [0.15, 0.2) is 11.7 Å². The van der Waals surface area contributed by atoms with Crippen LogP contribution in [0.1, 0.15) is 37.3 Å². The van der Waals surface area contributed by atoms with Crippen LogP contribution < -0.4 is 15.3 Å². The number of unbranched alkanes of at least 4 members (excludes halogenated alkanes) is 2. The van der Waals surface area contributed by atoms with E-state index in [1.807, 2.05) is 0 Å². The second-order valence-corrected chi connectivity index (χ2v) is 20.2. The molecule has 7 aromatic rings. The van der Waals surface area contributed by atoms with E-state index in [9.17, 15) is 48.8 Å². The highest BCUT2D eigenvalue weighted by Crippen LogP contribution is 2.48. The second kappa shape index (κ2) is 14.9. The van der Waals surface area contributed by atoms with Crippen molar-refractivity contribution < 1.29 is 57.2 Å². The number of anilines is 2. The average molecular weight is 950 g/mol. The molecule has 1 amide bonds. The first-order valence-electron chi connectivity index (χ1n) is 18.8. The van der Waals surface area contributed by atoms with Crippen molar-refractivity contribution in [3.63, 3.8) is 0 Å². The van der Waals surface area contributed by atoms with Crippen molar-refractivity contribution in [2.24, 2.45) is 20.0 Å². The van der Waals surface area contributed by atoms with Crippen molar-refractivity contribution in [2.75, 3.05) is 10.8 Å². The van der Waals surface area contributed by atoms with Crippen LogP contribution in [0.2, 0.25) is 0 Å². The predicted molar refractivity (Wildman–Crippen MR) is 231 cm³/mol. The van der Waals surface area contributed by atoms with Gasteiger partial charge in [0.2, 0.25) is 0 Å². The number of amidine groups is 2. The minimum absolute atomic E-state index is 0.0184. The lowest BCUT2D eigenvalue weighted by molar-refractivity contribution is 0.171. The molecule has 0 fully saturated rings. The van der Waals surface area contributed by atoms with E-state index in [1.165, 1.54) is 12.1 Å². The number of fused-ring (bicyclic) bond motifs is 19. The van der Waals surface area contributed by atoms with Crippen molar-refractivity contribution in [1.29, 1.82) is 0 Å². The Labute approximate surface area is 361 Å². The van der Waals surface area contributed by atoms with Crippen molar-refractivity contribution in [2.45, 2.75) is 40.9 Å².